The average molecular weight is 725 g/mol. The fourth-order valence-electron chi connectivity index (χ4n) is 5.22. The lowest BCUT2D eigenvalue weighted by Crippen LogP contribution is -2.36. The Hall–Kier alpha value is -2.51. The number of aliphatic hydroxyl groups excluding tert-OH is 2. The minimum absolute atomic E-state index is 0. The molecule has 26 heteroatoms. The van der Waals surface area contributed by atoms with Crippen LogP contribution >= 0.6 is 25.8 Å². The van der Waals surface area contributed by atoms with E-state index in [2.05, 4.69) is 42.2 Å². The second-order valence-corrected chi connectivity index (χ2v) is 15.6. The standard InChI is InChI=1S/C20H24N10O10P2S2.2H3N/c21-15-9-17(25-3-23-15)29(5-27-9)19-12(32)13-8(38-19)2-36-42(34,44)40-14-11(31)7(1-35-41(33,43)39-13)37-20(14)30-6-28-10-16(22)24-4-26-18(10)30;;/h3-8,11-14,19-20,31-32H,1-2H2,(H,33,43)(H,34,44)(H2,21,23,25)(H2,22,24,26);2*1H3/t7-,8-,11?,12?,13+,14+,19-,20-,41?,42?;;/m1../s1. The number of anilines is 2. The van der Waals surface area contributed by atoms with Crippen LogP contribution in [0.15, 0.2) is 25.3 Å². The predicted molar refractivity (Wildman–Crippen MR) is 164 cm³/mol. The molecule has 4 aromatic rings. The Morgan fingerprint density at radius 2 is 1.35 bits per heavy atom. The van der Waals surface area contributed by atoms with E-state index >= 15 is 0 Å². The summed E-state index contributed by atoms with van der Waals surface area (Å²) in [5.41, 5.74) is 12.8. The topological polar surface area (TPSA) is 342 Å². The molecule has 0 amide bonds. The maximum Gasteiger partial charge on any atom is 0.386 e. The third kappa shape index (κ3) is 6.11. The number of fused-ring (bicyclic) bond motifs is 5. The van der Waals surface area contributed by atoms with Crippen molar-refractivity contribution < 1.29 is 47.2 Å². The van der Waals surface area contributed by atoms with Crippen LogP contribution in [-0.2, 0) is 43.9 Å². The number of nitrogens with zero attached hydrogens (tertiary/aromatic N) is 8. The second kappa shape index (κ2) is 12.8. The van der Waals surface area contributed by atoms with Gasteiger partial charge in [-0.25, -0.2) is 34.5 Å². The first-order valence-corrected chi connectivity index (χ1v) is 18.1. The summed E-state index contributed by atoms with van der Waals surface area (Å²) >= 11 is 9.35. The van der Waals surface area contributed by atoms with Crippen molar-refractivity contribution in [3.63, 3.8) is 0 Å². The van der Waals surface area contributed by atoms with E-state index in [0.717, 1.165) is 0 Å². The number of rotatable bonds is 2. The van der Waals surface area contributed by atoms with E-state index in [1.807, 2.05) is 0 Å². The molecule has 2 bridgehead atoms. The molecule has 13 N–H and O–H groups in total. The third-order valence-corrected chi connectivity index (χ3v) is 10.4. The van der Waals surface area contributed by atoms with Crippen molar-refractivity contribution in [1.82, 2.24) is 51.3 Å². The molecule has 46 heavy (non-hydrogen) atoms. The van der Waals surface area contributed by atoms with Crippen molar-refractivity contribution >= 4 is 71.5 Å². The van der Waals surface area contributed by atoms with Crippen molar-refractivity contribution in [3.8, 4) is 0 Å². The zero-order chi connectivity index (χ0) is 31.0. The van der Waals surface area contributed by atoms with Gasteiger partial charge < -0.3 is 52.9 Å². The number of nitrogens with two attached hydrogens (primary N) is 2. The summed E-state index contributed by atoms with van der Waals surface area (Å²) in [6, 6.07) is 0. The molecule has 10 atom stereocenters. The van der Waals surface area contributed by atoms with Gasteiger partial charge in [0.2, 0.25) is 0 Å². The van der Waals surface area contributed by atoms with Crippen LogP contribution in [0.5, 0.6) is 0 Å². The number of thiol groups is 1. The molecule has 3 aliphatic heterocycles. The maximum absolute atomic E-state index is 13.4. The lowest BCUT2D eigenvalue weighted by atomic mass is 10.1. The van der Waals surface area contributed by atoms with Crippen LogP contribution in [0.3, 0.4) is 0 Å². The van der Waals surface area contributed by atoms with Gasteiger partial charge in [-0.1, -0.05) is 12.2 Å². The van der Waals surface area contributed by atoms with E-state index in [1.165, 1.54) is 34.4 Å². The lowest BCUT2D eigenvalue weighted by Gasteiger charge is -2.27. The number of ether oxygens (including phenoxy) is 2. The van der Waals surface area contributed by atoms with Crippen LogP contribution < -0.4 is 23.8 Å². The Morgan fingerprint density at radius 1 is 0.804 bits per heavy atom. The summed E-state index contributed by atoms with van der Waals surface area (Å²) in [7, 11) is 0. The molecule has 3 aliphatic rings. The molecular weight excluding hydrogens is 694 g/mol. The molecule has 0 aliphatic carbocycles. The van der Waals surface area contributed by atoms with Crippen molar-refractivity contribution in [2.45, 2.75) is 49.1 Å². The number of nitrogen functional groups attached to an aromatic ring is 2. The Morgan fingerprint density at radius 3 is 1.96 bits per heavy atom. The van der Waals surface area contributed by atoms with E-state index in [1.54, 1.807) is 0 Å². The summed E-state index contributed by atoms with van der Waals surface area (Å²) in [6.07, 6.45) is -5.39. The molecule has 7 heterocycles. The van der Waals surface area contributed by atoms with Crippen LogP contribution in [0.25, 0.3) is 22.3 Å². The molecule has 0 radical (unpaired) electrons. The largest absolute Gasteiger partial charge is 0.387 e. The van der Waals surface area contributed by atoms with E-state index in [0.29, 0.717) is 0 Å². The number of imidazole rings is 2. The van der Waals surface area contributed by atoms with E-state index < -0.39 is 75.8 Å². The van der Waals surface area contributed by atoms with Crippen LogP contribution in [0, 0.1) is 0 Å². The van der Waals surface area contributed by atoms with Crippen LogP contribution in [0.2, 0.25) is 0 Å². The number of aromatic nitrogens is 8. The highest BCUT2D eigenvalue weighted by Crippen LogP contribution is 2.58. The Labute approximate surface area is 268 Å². The highest BCUT2D eigenvalue weighted by molar-refractivity contribution is 8.44. The van der Waals surface area contributed by atoms with E-state index in [9.17, 15) is 19.7 Å². The van der Waals surface area contributed by atoms with E-state index in [-0.39, 0.29) is 46.3 Å². The van der Waals surface area contributed by atoms with Gasteiger partial charge in [-0.3, -0.25) is 22.7 Å². The molecule has 0 saturated carbocycles. The van der Waals surface area contributed by atoms with Gasteiger partial charge in [0.05, 0.1) is 25.9 Å². The molecule has 3 fully saturated rings. The van der Waals surface area contributed by atoms with Crippen LogP contribution in [0.1, 0.15) is 12.5 Å². The van der Waals surface area contributed by atoms with Crippen LogP contribution in [-0.4, -0.2) is 104 Å². The first-order valence-electron chi connectivity index (χ1n) is 12.8. The molecule has 4 unspecified atom stereocenters. The molecule has 22 nitrogen and oxygen atoms in total. The van der Waals surface area contributed by atoms with Crippen molar-refractivity contribution in [2.24, 2.45) is 0 Å². The Balaban J connectivity index is 0.00000208. The molecule has 252 valence electrons. The Kier molecular flexibility index (Phi) is 9.71. The van der Waals surface area contributed by atoms with Crippen molar-refractivity contribution in [3.05, 3.63) is 25.3 Å². The molecule has 0 spiro atoms. The lowest BCUT2D eigenvalue weighted by molar-refractivity contribution is -0.0594. The summed E-state index contributed by atoms with van der Waals surface area (Å²) in [5, 5.41) is 22.4. The fourth-order valence-corrected chi connectivity index (χ4v) is 8.13. The Bertz CT molecular complexity index is 1840. The quantitative estimate of drug-likeness (QED) is 0.0975. The third-order valence-electron chi connectivity index (χ3n) is 7.26. The van der Waals surface area contributed by atoms with Gasteiger partial charge in [0.25, 0.3) is 0 Å². The second-order valence-electron chi connectivity index (χ2n) is 9.95. The highest BCUT2D eigenvalue weighted by Gasteiger charge is 2.53. The molecular formula is C20H30N12O10P2S2. The van der Waals surface area contributed by atoms with Crippen LogP contribution in [0.4, 0.5) is 11.6 Å². The van der Waals surface area contributed by atoms with Gasteiger partial charge >= 0.3 is 13.5 Å². The molecule has 7 rings (SSSR count). The van der Waals surface area contributed by atoms with Gasteiger partial charge in [-0.05, 0) is 11.8 Å². The summed E-state index contributed by atoms with van der Waals surface area (Å²) in [5.74, 6) is 0.202. The minimum atomic E-state index is -4.27. The monoisotopic (exact) mass is 724 g/mol. The summed E-state index contributed by atoms with van der Waals surface area (Å²) in [6.45, 7) is -9.48. The van der Waals surface area contributed by atoms with Gasteiger partial charge in [-0.15, -0.1) is 0 Å². The zero-order valence-electron chi connectivity index (χ0n) is 23.4. The van der Waals surface area contributed by atoms with Crippen molar-refractivity contribution in [1.29, 1.82) is 0 Å². The van der Waals surface area contributed by atoms with Gasteiger partial charge in [0.1, 0.15) is 60.3 Å². The average Bonchev–Trinajstić information content (AvgIpc) is 3.73. The SMILES string of the molecule is N.N.Nc1ncnc2c1ncn2[C@@H]1O[C@@H]2COP(O)(=S)O[C@H]3C(O)[C@@H](COP(=O)(S)O[C@@H]2C1O)O[C@H]3n1cnc2c(N)ncnc21. The van der Waals surface area contributed by atoms with E-state index in [4.69, 9.17) is 50.8 Å². The minimum Gasteiger partial charge on any atom is -0.387 e. The highest BCUT2D eigenvalue weighted by atomic mass is 32.7. The predicted octanol–water partition coefficient (Wildman–Crippen LogP) is -0.257. The first-order chi connectivity index (χ1) is 20.9. The normalized spacial score (nSPS) is 36.6. The molecule has 3 saturated heterocycles. The smallest absolute Gasteiger partial charge is 0.386 e. The van der Waals surface area contributed by atoms with Gasteiger partial charge in [-0.2, -0.15) is 0 Å². The summed E-state index contributed by atoms with van der Waals surface area (Å²) < 4.78 is 50.7. The molecule has 0 aromatic carbocycles. The summed E-state index contributed by atoms with van der Waals surface area (Å²) in [4.78, 5) is 35.6. The molecule has 4 aromatic heterocycles. The number of hydrogen-bond donors (Lipinski definition) is 8. The number of hydrogen-bond acceptors (Lipinski definition) is 20. The van der Waals surface area contributed by atoms with Crippen molar-refractivity contribution in [2.75, 3.05) is 24.7 Å². The first kappa shape index (κ1) is 34.8. The van der Waals surface area contributed by atoms with Gasteiger partial charge in [0, 0.05) is 0 Å². The maximum atomic E-state index is 13.4. The number of aliphatic hydroxyl groups is 2. The fraction of sp³-hybridized carbons (Fsp3) is 0.500. The van der Waals surface area contributed by atoms with Gasteiger partial charge in [0.15, 0.2) is 35.4 Å². The zero-order valence-corrected chi connectivity index (χ0v) is 26.9.